The summed E-state index contributed by atoms with van der Waals surface area (Å²) in [6, 6.07) is 4.80. The van der Waals surface area contributed by atoms with E-state index >= 15 is 0 Å². The van der Waals surface area contributed by atoms with Crippen LogP contribution in [0.25, 0.3) is 0 Å². The molecule has 2 rings (SSSR count). The lowest BCUT2D eigenvalue weighted by Gasteiger charge is -2.24. The Morgan fingerprint density at radius 1 is 1.15 bits per heavy atom. The van der Waals surface area contributed by atoms with Gasteiger partial charge in [0.1, 0.15) is 5.60 Å². The van der Waals surface area contributed by atoms with Crippen molar-refractivity contribution < 1.29 is 32.2 Å². The highest BCUT2D eigenvalue weighted by molar-refractivity contribution is 5.77. The zero-order valence-corrected chi connectivity index (χ0v) is 15.1. The van der Waals surface area contributed by atoms with Crippen molar-refractivity contribution in [3.8, 4) is 0 Å². The zero-order chi connectivity index (χ0) is 19.7. The van der Waals surface area contributed by atoms with Gasteiger partial charge in [0.25, 0.3) is 0 Å². The standard InChI is InChI=1S/C18H22F3NO4/c1-17(2,3)26-16(24)22-9-13(14(10-22)15(23)25-4)11-6-5-7-12(8-11)18(19,20)21/h5-8,13-14H,9-10H2,1-4H3/t13-,14+/m1/s1. The normalized spacial score (nSPS) is 20.8. The van der Waals surface area contributed by atoms with Crippen molar-refractivity contribution in [3.05, 3.63) is 35.4 Å². The molecule has 1 aromatic rings. The molecule has 1 aliphatic rings. The summed E-state index contributed by atoms with van der Waals surface area (Å²) < 4.78 is 49.0. The number of esters is 1. The van der Waals surface area contributed by atoms with Gasteiger partial charge in [-0.05, 0) is 32.4 Å². The number of methoxy groups -OCH3 is 1. The third-order valence-electron chi connectivity index (χ3n) is 4.12. The van der Waals surface area contributed by atoms with E-state index < -0.39 is 41.2 Å². The number of carbonyl (C=O) groups excluding carboxylic acids is 2. The van der Waals surface area contributed by atoms with Crippen LogP contribution in [0.4, 0.5) is 18.0 Å². The molecule has 1 aliphatic heterocycles. The Hall–Kier alpha value is -2.25. The van der Waals surface area contributed by atoms with E-state index in [1.165, 1.54) is 24.1 Å². The van der Waals surface area contributed by atoms with Crippen molar-refractivity contribution in [2.24, 2.45) is 5.92 Å². The monoisotopic (exact) mass is 373 g/mol. The van der Waals surface area contributed by atoms with E-state index in [9.17, 15) is 22.8 Å². The molecule has 0 spiro atoms. The van der Waals surface area contributed by atoms with E-state index in [4.69, 9.17) is 9.47 Å². The van der Waals surface area contributed by atoms with Gasteiger partial charge in [-0.1, -0.05) is 18.2 Å². The maximum absolute atomic E-state index is 13.0. The second-order valence-electron chi connectivity index (χ2n) is 7.24. The fourth-order valence-electron chi connectivity index (χ4n) is 2.95. The molecule has 1 amide bonds. The molecule has 1 saturated heterocycles. The van der Waals surface area contributed by atoms with E-state index in [0.717, 1.165) is 12.1 Å². The Labute approximate surface area is 150 Å². The van der Waals surface area contributed by atoms with Gasteiger partial charge in [-0.15, -0.1) is 0 Å². The van der Waals surface area contributed by atoms with Gasteiger partial charge in [-0.3, -0.25) is 4.79 Å². The van der Waals surface area contributed by atoms with Crippen LogP contribution < -0.4 is 0 Å². The van der Waals surface area contributed by atoms with Crippen molar-refractivity contribution in [1.29, 1.82) is 0 Å². The summed E-state index contributed by atoms with van der Waals surface area (Å²) in [6.45, 7) is 5.24. The van der Waals surface area contributed by atoms with Crippen LogP contribution in [-0.4, -0.2) is 42.8 Å². The maximum atomic E-state index is 13.0. The molecule has 0 saturated carbocycles. The third-order valence-corrected chi connectivity index (χ3v) is 4.12. The van der Waals surface area contributed by atoms with Crippen molar-refractivity contribution >= 4 is 12.1 Å². The lowest BCUT2D eigenvalue weighted by atomic mass is 9.88. The number of hydrogen-bond acceptors (Lipinski definition) is 4. The number of hydrogen-bond donors (Lipinski definition) is 0. The van der Waals surface area contributed by atoms with Crippen molar-refractivity contribution in [2.45, 2.75) is 38.5 Å². The maximum Gasteiger partial charge on any atom is 0.416 e. The molecule has 0 N–H and O–H groups in total. The van der Waals surface area contributed by atoms with Crippen molar-refractivity contribution in [3.63, 3.8) is 0 Å². The molecule has 5 nitrogen and oxygen atoms in total. The number of amides is 1. The fraction of sp³-hybridized carbons (Fsp3) is 0.556. The first-order chi connectivity index (χ1) is 11.9. The number of carbonyl (C=O) groups is 2. The summed E-state index contributed by atoms with van der Waals surface area (Å²) in [5.41, 5.74) is -1.18. The molecule has 0 radical (unpaired) electrons. The Bertz CT molecular complexity index is 682. The highest BCUT2D eigenvalue weighted by atomic mass is 19.4. The minimum absolute atomic E-state index is 0.0303. The molecule has 144 valence electrons. The second-order valence-corrected chi connectivity index (χ2v) is 7.24. The molecule has 0 aromatic heterocycles. The number of halogens is 3. The molecule has 8 heteroatoms. The van der Waals surface area contributed by atoms with Crippen LogP contribution in [0.2, 0.25) is 0 Å². The van der Waals surface area contributed by atoms with Crippen LogP contribution in [0.5, 0.6) is 0 Å². The number of rotatable bonds is 2. The molecule has 26 heavy (non-hydrogen) atoms. The summed E-state index contributed by atoms with van der Waals surface area (Å²) in [6.07, 6.45) is -5.10. The highest BCUT2D eigenvalue weighted by Crippen LogP contribution is 2.37. The van der Waals surface area contributed by atoms with Crippen LogP contribution >= 0.6 is 0 Å². The van der Waals surface area contributed by atoms with Crippen LogP contribution in [-0.2, 0) is 20.4 Å². The van der Waals surface area contributed by atoms with E-state index in [1.54, 1.807) is 20.8 Å². The van der Waals surface area contributed by atoms with Crippen molar-refractivity contribution in [2.75, 3.05) is 20.2 Å². The number of likely N-dealkylation sites (tertiary alicyclic amines) is 1. The van der Waals surface area contributed by atoms with Gasteiger partial charge in [0.15, 0.2) is 0 Å². The van der Waals surface area contributed by atoms with Gasteiger partial charge >= 0.3 is 18.2 Å². The summed E-state index contributed by atoms with van der Waals surface area (Å²) >= 11 is 0. The predicted molar refractivity (Wildman–Crippen MR) is 87.5 cm³/mol. The summed E-state index contributed by atoms with van der Waals surface area (Å²) in [7, 11) is 1.21. The van der Waals surface area contributed by atoms with Crippen LogP contribution in [0.3, 0.4) is 0 Å². The highest BCUT2D eigenvalue weighted by Gasteiger charge is 2.43. The Morgan fingerprint density at radius 2 is 1.81 bits per heavy atom. The molecule has 0 aliphatic carbocycles. The molecule has 1 heterocycles. The Balaban J connectivity index is 2.30. The molecule has 1 aromatic carbocycles. The van der Waals surface area contributed by atoms with Gasteiger partial charge in [-0.25, -0.2) is 4.79 Å². The fourth-order valence-corrected chi connectivity index (χ4v) is 2.95. The Kier molecular flexibility index (Phi) is 5.53. The number of alkyl halides is 3. The minimum Gasteiger partial charge on any atom is -0.469 e. The molecule has 1 fully saturated rings. The smallest absolute Gasteiger partial charge is 0.416 e. The van der Waals surface area contributed by atoms with Crippen LogP contribution in [0.15, 0.2) is 24.3 Å². The molecule has 0 bridgehead atoms. The molecule has 2 atom stereocenters. The number of benzene rings is 1. The number of nitrogens with zero attached hydrogens (tertiary/aromatic N) is 1. The Morgan fingerprint density at radius 3 is 2.35 bits per heavy atom. The number of ether oxygens (including phenoxy) is 2. The SMILES string of the molecule is COC(=O)[C@H]1CN(C(=O)OC(C)(C)C)C[C@@H]1c1cccc(C(F)(F)F)c1. The second kappa shape index (κ2) is 7.17. The molecular weight excluding hydrogens is 351 g/mol. The average Bonchev–Trinajstić information content (AvgIpc) is 2.97. The van der Waals surface area contributed by atoms with Crippen LogP contribution in [0.1, 0.15) is 37.8 Å². The van der Waals surface area contributed by atoms with E-state index in [0.29, 0.717) is 5.56 Å². The quantitative estimate of drug-likeness (QED) is 0.740. The van der Waals surface area contributed by atoms with Gasteiger partial charge in [0.05, 0.1) is 18.6 Å². The van der Waals surface area contributed by atoms with Gasteiger partial charge < -0.3 is 14.4 Å². The largest absolute Gasteiger partial charge is 0.469 e. The average molecular weight is 373 g/mol. The van der Waals surface area contributed by atoms with Crippen molar-refractivity contribution in [1.82, 2.24) is 4.90 Å². The lowest BCUT2D eigenvalue weighted by Crippen LogP contribution is -2.36. The van der Waals surface area contributed by atoms with Crippen LogP contribution in [0, 0.1) is 5.92 Å². The minimum atomic E-state index is -4.49. The zero-order valence-electron chi connectivity index (χ0n) is 15.1. The van der Waals surface area contributed by atoms with E-state index in [-0.39, 0.29) is 13.1 Å². The summed E-state index contributed by atoms with van der Waals surface area (Å²) in [5.74, 6) is -1.92. The van der Waals surface area contributed by atoms with Gasteiger partial charge in [0.2, 0.25) is 0 Å². The van der Waals surface area contributed by atoms with Gasteiger partial charge in [0, 0.05) is 19.0 Å². The predicted octanol–water partition coefficient (Wildman–Crippen LogP) is 3.83. The molecule has 0 unspecified atom stereocenters. The summed E-state index contributed by atoms with van der Waals surface area (Å²) in [4.78, 5) is 25.7. The third kappa shape index (κ3) is 4.68. The topological polar surface area (TPSA) is 55.8 Å². The van der Waals surface area contributed by atoms with E-state index in [1.807, 2.05) is 0 Å². The van der Waals surface area contributed by atoms with E-state index in [2.05, 4.69) is 0 Å². The lowest BCUT2D eigenvalue weighted by molar-refractivity contribution is -0.145. The molecular formula is C18H22F3NO4. The first kappa shape index (κ1) is 20.1. The summed E-state index contributed by atoms with van der Waals surface area (Å²) in [5, 5.41) is 0. The first-order valence-electron chi connectivity index (χ1n) is 8.15. The van der Waals surface area contributed by atoms with Gasteiger partial charge in [-0.2, -0.15) is 13.2 Å². The first-order valence-corrected chi connectivity index (χ1v) is 8.15.